The number of benzene rings is 1. The van der Waals surface area contributed by atoms with Crippen molar-refractivity contribution in [3.63, 3.8) is 0 Å². The Labute approximate surface area is 168 Å². The molecule has 1 fully saturated rings. The Morgan fingerprint density at radius 1 is 1.32 bits per heavy atom. The smallest absolute Gasteiger partial charge is 0.227 e. The summed E-state index contributed by atoms with van der Waals surface area (Å²) in [6, 6.07) is 7.72. The summed E-state index contributed by atoms with van der Waals surface area (Å²) in [6.07, 6.45) is 2.37. The van der Waals surface area contributed by atoms with E-state index in [4.69, 9.17) is 4.42 Å². The average Bonchev–Trinajstić information content (AvgIpc) is 3.33. The van der Waals surface area contributed by atoms with E-state index in [1.54, 1.807) is 22.5 Å². The van der Waals surface area contributed by atoms with Crippen molar-refractivity contribution in [3.8, 4) is 0 Å². The molecule has 28 heavy (non-hydrogen) atoms. The lowest BCUT2D eigenvalue weighted by atomic mass is 10.0. The second kappa shape index (κ2) is 7.37. The van der Waals surface area contributed by atoms with Gasteiger partial charge in [0, 0.05) is 21.9 Å². The summed E-state index contributed by atoms with van der Waals surface area (Å²) in [4.78, 5) is 16.1. The van der Waals surface area contributed by atoms with E-state index in [-0.39, 0.29) is 29.9 Å². The van der Waals surface area contributed by atoms with Gasteiger partial charge in [0.15, 0.2) is 9.84 Å². The Balaban J connectivity index is 1.62. The normalized spacial score (nSPS) is 18.6. The number of rotatable bonds is 5. The maximum Gasteiger partial charge on any atom is 0.227 e. The number of amides is 1. The van der Waals surface area contributed by atoms with Crippen LogP contribution >= 0.6 is 11.3 Å². The van der Waals surface area contributed by atoms with Crippen LogP contribution in [0.5, 0.6) is 0 Å². The van der Waals surface area contributed by atoms with Crippen molar-refractivity contribution in [2.75, 3.05) is 11.5 Å². The van der Waals surface area contributed by atoms with Crippen LogP contribution in [0, 0.1) is 13.8 Å². The first kappa shape index (κ1) is 19.2. The van der Waals surface area contributed by atoms with Crippen LogP contribution < -0.4 is 0 Å². The Bertz CT molecular complexity index is 1110. The highest BCUT2D eigenvalue weighted by Gasteiger charge is 2.35. The number of fused-ring (bicyclic) bond motifs is 1. The van der Waals surface area contributed by atoms with Gasteiger partial charge < -0.3 is 9.32 Å². The first-order valence-corrected chi connectivity index (χ1v) is 12.0. The standard InChI is InChI=1S/C21H23NO4S2/c1-14-8-15(2)21-16(12-26-19(21)9-14)10-20(23)22(11-18-4-3-6-27-18)17-5-7-28(24,25)13-17/h3-4,6,8-9,12,17H,5,7,10-11,13H2,1-2H3/t17-/m0/s1. The highest BCUT2D eigenvalue weighted by atomic mass is 32.2. The molecule has 2 aromatic heterocycles. The van der Waals surface area contributed by atoms with Crippen LogP contribution in [0.1, 0.15) is 28.0 Å². The Morgan fingerprint density at radius 2 is 2.14 bits per heavy atom. The van der Waals surface area contributed by atoms with Gasteiger partial charge in [-0.3, -0.25) is 4.79 Å². The van der Waals surface area contributed by atoms with E-state index in [1.807, 2.05) is 37.4 Å². The molecule has 148 valence electrons. The summed E-state index contributed by atoms with van der Waals surface area (Å²) < 4.78 is 29.7. The number of carbonyl (C=O) groups is 1. The Kier molecular flexibility index (Phi) is 5.05. The van der Waals surface area contributed by atoms with Crippen LogP contribution in [0.2, 0.25) is 0 Å². The van der Waals surface area contributed by atoms with Crippen LogP contribution in [0.3, 0.4) is 0 Å². The number of hydrogen-bond donors (Lipinski definition) is 0. The molecular weight excluding hydrogens is 394 g/mol. The zero-order chi connectivity index (χ0) is 19.9. The van der Waals surface area contributed by atoms with Crippen LogP contribution in [0.4, 0.5) is 0 Å². The molecule has 0 radical (unpaired) electrons. The van der Waals surface area contributed by atoms with Gasteiger partial charge in [-0.05, 0) is 48.9 Å². The number of thiophene rings is 1. The van der Waals surface area contributed by atoms with Gasteiger partial charge in [0.25, 0.3) is 0 Å². The molecule has 1 aliphatic heterocycles. The molecule has 0 spiro atoms. The van der Waals surface area contributed by atoms with E-state index in [0.29, 0.717) is 13.0 Å². The number of aryl methyl sites for hydroxylation is 2. The first-order chi connectivity index (χ1) is 13.3. The predicted octanol–water partition coefficient (Wildman–Crippen LogP) is 3.87. The third-order valence-corrected chi connectivity index (χ3v) is 7.92. The van der Waals surface area contributed by atoms with Gasteiger partial charge in [-0.1, -0.05) is 12.1 Å². The van der Waals surface area contributed by atoms with E-state index < -0.39 is 9.84 Å². The average molecular weight is 418 g/mol. The molecule has 0 bridgehead atoms. The van der Waals surface area contributed by atoms with Gasteiger partial charge in [-0.15, -0.1) is 11.3 Å². The van der Waals surface area contributed by atoms with E-state index in [0.717, 1.165) is 32.5 Å². The number of furan rings is 1. The molecule has 7 heteroatoms. The highest BCUT2D eigenvalue weighted by molar-refractivity contribution is 7.91. The van der Waals surface area contributed by atoms with Gasteiger partial charge in [0.1, 0.15) is 5.58 Å². The highest BCUT2D eigenvalue weighted by Crippen LogP contribution is 2.28. The summed E-state index contributed by atoms with van der Waals surface area (Å²) >= 11 is 1.58. The molecule has 0 aliphatic carbocycles. The molecule has 0 unspecified atom stereocenters. The molecule has 3 aromatic rings. The zero-order valence-corrected chi connectivity index (χ0v) is 17.6. The van der Waals surface area contributed by atoms with Crippen molar-refractivity contribution in [3.05, 3.63) is 57.5 Å². The molecule has 3 heterocycles. The van der Waals surface area contributed by atoms with Crippen molar-refractivity contribution >= 4 is 38.1 Å². The lowest BCUT2D eigenvalue weighted by Crippen LogP contribution is -2.41. The van der Waals surface area contributed by atoms with Crippen LogP contribution in [0.25, 0.3) is 11.0 Å². The summed E-state index contributed by atoms with van der Waals surface area (Å²) in [5, 5.41) is 2.95. The monoisotopic (exact) mass is 417 g/mol. The summed E-state index contributed by atoms with van der Waals surface area (Å²) in [6.45, 7) is 4.49. The van der Waals surface area contributed by atoms with E-state index in [2.05, 4.69) is 6.07 Å². The summed E-state index contributed by atoms with van der Waals surface area (Å²) in [5.74, 6) is 0.145. The largest absolute Gasteiger partial charge is 0.464 e. The molecule has 1 aliphatic rings. The molecule has 1 aromatic carbocycles. The van der Waals surface area contributed by atoms with Gasteiger partial charge >= 0.3 is 0 Å². The van der Waals surface area contributed by atoms with Crippen molar-refractivity contribution in [2.45, 2.75) is 39.3 Å². The predicted molar refractivity (Wildman–Crippen MR) is 111 cm³/mol. The third kappa shape index (κ3) is 3.86. The maximum absolute atomic E-state index is 13.3. The third-order valence-electron chi connectivity index (χ3n) is 5.31. The van der Waals surface area contributed by atoms with Crippen LogP contribution in [-0.2, 0) is 27.6 Å². The second-order valence-corrected chi connectivity index (χ2v) is 10.8. The van der Waals surface area contributed by atoms with Gasteiger partial charge in [-0.25, -0.2) is 8.42 Å². The van der Waals surface area contributed by atoms with Crippen molar-refractivity contribution < 1.29 is 17.6 Å². The molecular formula is C21H23NO4S2. The van der Waals surface area contributed by atoms with Crippen molar-refractivity contribution in [1.82, 2.24) is 4.90 Å². The van der Waals surface area contributed by atoms with Gasteiger partial charge in [-0.2, -0.15) is 0 Å². The fourth-order valence-corrected chi connectivity index (χ4v) is 6.47. The van der Waals surface area contributed by atoms with Crippen molar-refractivity contribution in [1.29, 1.82) is 0 Å². The molecule has 1 saturated heterocycles. The maximum atomic E-state index is 13.3. The first-order valence-electron chi connectivity index (χ1n) is 9.32. The minimum Gasteiger partial charge on any atom is -0.464 e. The Morgan fingerprint density at radius 3 is 2.82 bits per heavy atom. The molecule has 1 atom stereocenters. The summed E-state index contributed by atoms with van der Waals surface area (Å²) in [5.41, 5.74) is 3.84. The fourth-order valence-electron chi connectivity index (χ4n) is 4.03. The van der Waals surface area contributed by atoms with Crippen LogP contribution in [-0.4, -0.2) is 36.8 Å². The molecule has 0 saturated carbocycles. The number of sulfone groups is 1. The fraction of sp³-hybridized carbons (Fsp3) is 0.381. The number of nitrogens with zero attached hydrogens (tertiary/aromatic N) is 1. The molecule has 4 rings (SSSR count). The van der Waals surface area contributed by atoms with Crippen molar-refractivity contribution in [2.24, 2.45) is 0 Å². The summed E-state index contributed by atoms with van der Waals surface area (Å²) in [7, 11) is -3.07. The van der Waals surface area contributed by atoms with E-state index in [9.17, 15) is 13.2 Å². The van der Waals surface area contributed by atoms with E-state index >= 15 is 0 Å². The SMILES string of the molecule is Cc1cc(C)c2c(CC(=O)N(Cc3cccs3)[C@H]3CCS(=O)(=O)C3)coc2c1. The molecule has 5 nitrogen and oxygen atoms in total. The quantitative estimate of drug-likeness (QED) is 0.632. The zero-order valence-electron chi connectivity index (χ0n) is 16.0. The number of hydrogen-bond acceptors (Lipinski definition) is 5. The van der Waals surface area contributed by atoms with Gasteiger partial charge in [0.05, 0.1) is 30.7 Å². The second-order valence-electron chi connectivity index (χ2n) is 7.55. The minimum atomic E-state index is -3.07. The van der Waals surface area contributed by atoms with Gasteiger partial charge in [0.2, 0.25) is 5.91 Å². The lowest BCUT2D eigenvalue weighted by Gasteiger charge is -2.28. The molecule has 0 N–H and O–H groups in total. The molecule has 1 amide bonds. The van der Waals surface area contributed by atoms with E-state index in [1.165, 1.54) is 0 Å². The minimum absolute atomic E-state index is 0.0501. The lowest BCUT2D eigenvalue weighted by molar-refractivity contribution is -0.133. The number of carbonyl (C=O) groups excluding carboxylic acids is 1. The van der Waals surface area contributed by atoms with Crippen LogP contribution in [0.15, 0.2) is 40.3 Å². The topological polar surface area (TPSA) is 67.6 Å². The Hall–Kier alpha value is -2.12.